The van der Waals surface area contributed by atoms with Crippen LogP contribution in [0.25, 0.3) is 0 Å². The first-order chi connectivity index (χ1) is 9.59. The Hall–Kier alpha value is -1.76. The lowest BCUT2D eigenvalue weighted by Crippen LogP contribution is -2.24. The van der Waals surface area contributed by atoms with Crippen molar-refractivity contribution < 1.29 is 8.42 Å². The smallest absolute Gasteiger partial charge is 0.216 e. The highest BCUT2D eigenvalue weighted by Gasteiger charge is 2.11. The lowest BCUT2D eigenvalue weighted by Gasteiger charge is -2.07. The SMILES string of the molecule is NCc1ccc(CS(=O)(=O)NCc2ccncc2)cc1. The van der Waals surface area contributed by atoms with Crippen LogP contribution < -0.4 is 10.5 Å². The molecule has 0 spiro atoms. The number of rotatable bonds is 6. The quantitative estimate of drug-likeness (QED) is 0.836. The molecule has 0 aliphatic heterocycles. The summed E-state index contributed by atoms with van der Waals surface area (Å²) < 4.78 is 26.5. The van der Waals surface area contributed by atoms with Crippen molar-refractivity contribution in [1.29, 1.82) is 0 Å². The number of aromatic nitrogens is 1. The third-order valence-corrected chi connectivity index (χ3v) is 4.16. The summed E-state index contributed by atoms with van der Waals surface area (Å²) in [4.78, 5) is 3.89. The van der Waals surface area contributed by atoms with Crippen molar-refractivity contribution in [2.24, 2.45) is 5.73 Å². The number of sulfonamides is 1. The van der Waals surface area contributed by atoms with E-state index in [1.807, 2.05) is 12.1 Å². The van der Waals surface area contributed by atoms with E-state index in [1.165, 1.54) is 0 Å². The molecule has 0 saturated carbocycles. The van der Waals surface area contributed by atoms with E-state index in [-0.39, 0.29) is 12.3 Å². The molecule has 0 atom stereocenters. The molecule has 0 bridgehead atoms. The van der Waals surface area contributed by atoms with Crippen LogP contribution in [0, 0.1) is 0 Å². The number of hydrogen-bond donors (Lipinski definition) is 2. The minimum atomic E-state index is -3.35. The van der Waals surface area contributed by atoms with Crippen molar-refractivity contribution in [3.8, 4) is 0 Å². The summed E-state index contributed by atoms with van der Waals surface area (Å²) in [6.07, 6.45) is 3.27. The Morgan fingerprint density at radius 2 is 1.55 bits per heavy atom. The van der Waals surface area contributed by atoms with Crippen LogP contribution in [-0.4, -0.2) is 13.4 Å². The molecule has 2 aromatic rings. The van der Waals surface area contributed by atoms with Gasteiger partial charge in [0, 0.05) is 25.5 Å². The Morgan fingerprint density at radius 1 is 0.950 bits per heavy atom. The topological polar surface area (TPSA) is 85.1 Å². The third-order valence-electron chi connectivity index (χ3n) is 2.86. The average Bonchev–Trinajstić information content (AvgIpc) is 2.47. The first kappa shape index (κ1) is 14.6. The third kappa shape index (κ3) is 4.41. The molecule has 3 N–H and O–H groups in total. The molecule has 5 nitrogen and oxygen atoms in total. The van der Waals surface area contributed by atoms with Crippen molar-refractivity contribution in [3.63, 3.8) is 0 Å². The van der Waals surface area contributed by atoms with Gasteiger partial charge in [-0.05, 0) is 28.8 Å². The van der Waals surface area contributed by atoms with Crippen LogP contribution in [0.15, 0.2) is 48.8 Å². The molecule has 0 fully saturated rings. The maximum Gasteiger partial charge on any atom is 0.216 e. The standard InChI is InChI=1S/C14H17N3O2S/c15-9-12-1-3-14(4-2-12)11-20(18,19)17-10-13-5-7-16-8-6-13/h1-8,17H,9-11,15H2. The predicted molar refractivity (Wildman–Crippen MR) is 78.0 cm³/mol. The van der Waals surface area contributed by atoms with Gasteiger partial charge in [0.15, 0.2) is 0 Å². The van der Waals surface area contributed by atoms with Gasteiger partial charge in [-0.1, -0.05) is 24.3 Å². The first-order valence-electron chi connectivity index (χ1n) is 6.23. The number of nitrogens with two attached hydrogens (primary N) is 1. The lowest BCUT2D eigenvalue weighted by atomic mass is 10.1. The van der Waals surface area contributed by atoms with Crippen LogP contribution in [0.2, 0.25) is 0 Å². The van der Waals surface area contributed by atoms with E-state index < -0.39 is 10.0 Å². The first-order valence-corrected chi connectivity index (χ1v) is 7.88. The zero-order valence-electron chi connectivity index (χ0n) is 11.0. The van der Waals surface area contributed by atoms with Crippen molar-refractivity contribution >= 4 is 10.0 Å². The van der Waals surface area contributed by atoms with E-state index in [4.69, 9.17) is 5.73 Å². The molecule has 0 unspecified atom stereocenters. The number of hydrogen-bond acceptors (Lipinski definition) is 4. The van der Waals surface area contributed by atoms with Gasteiger partial charge in [-0.15, -0.1) is 0 Å². The normalized spacial score (nSPS) is 11.4. The van der Waals surface area contributed by atoms with E-state index in [2.05, 4.69) is 9.71 Å². The van der Waals surface area contributed by atoms with Gasteiger partial charge in [0.05, 0.1) is 5.75 Å². The van der Waals surface area contributed by atoms with Gasteiger partial charge in [0.2, 0.25) is 10.0 Å². The molecule has 2 rings (SSSR count). The van der Waals surface area contributed by atoms with Crippen LogP contribution in [-0.2, 0) is 28.9 Å². The highest BCUT2D eigenvalue weighted by atomic mass is 32.2. The molecule has 0 saturated heterocycles. The zero-order valence-corrected chi connectivity index (χ0v) is 11.8. The average molecular weight is 291 g/mol. The minimum absolute atomic E-state index is 0.0388. The molecule has 0 aliphatic rings. The fourth-order valence-electron chi connectivity index (χ4n) is 1.74. The van der Waals surface area contributed by atoms with Gasteiger partial charge in [-0.2, -0.15) is 0 Å². The van der Waals surface area contributed by atoms with Crippen LogP contribution in [0.5, 0.6) is 0 Å². The van der Waals surface area contributed by atoms with Crippen molar-refractivity contribution in [2.45, 2.75) is 18.8 Å². The maximum atomic E-state index is 12.0. The summed E-state index contributed by atoms with van der Waals surface area (Å²) in [7, 11) is -3.35. The highest BCUT2D eigenvalue weighted by Crippen LogP contribution is 2.08. The lowest BCUT2D eigenvalue weighted by molar-refractivity contribution is 0.580. The van der Waals surface area contributed by atoms with Crippen LogP contribution in [0.4, 0.5) is 0 Å². The molecule has 0 amide bonds. The second kappa shape index (κ2) is 6.60. The van der Waals surface area contributed by atoms with E-state index in [9.17, 15) is 8.42 Å². The largest absolute Gasteiger partial charge is 0.326 e. The van der Waals surface area contributed by atoms with Crippen LogP contribution >= 0.6 is 0 Å². The molecule has 0 radical (unpaired) electrons. The Labute approximate surface area is 118 Å². The number of nitrogens with zero attached hydrogens (tertiary/aromatic N) is 1. The molecule has 0 aliphatic carbocycles. The van der Waals surface area contributed by atoms with Crippen molar-refractivity contribution in [3.05, 3.63) is 65.5 Å². The van der Waals surface area contributed by atoms with E-state index >= 15 is 0 Å². The van der Waals surface area contributed by atoms with Crippen molar-refractivity contribution in [1.82, 2.24) is 9.71 Å². The van der Waals surface area contributed by atoms with E-state index in [0.717, 1.165) is 16.7 Å². The van der Waals surface area contributed by atoms with Crippen LogP contribution in [0.3, 0.4) is 0 Å². The second-order valence-electron chi connectivity index (χ2n) is 4.46. The fourth-order valence-corrected chi connectivity index (χ4v) is 2.86. The van der Waals surface area contributed by atoms with Gasteiger partial charge in [0.25, 0.3) is 0 Å². The van der Waals surface area contributed by atoms with Crippen LogP contribution in [0.1, 0.15) is 16.7 Å². The fraction of sp³-hybridized carbons (Fsp3) is 0.214. The number of benzene rings is 1. The monoisotopic (exact) mass is 291 g/mol. The van der Waals surface area contributed by atoms with E-state index in [0.29, 0.717) is 6.54 Å². The zero-order chi connectivity index (χ0) is 14.4. The summed E-state index contributed by atoms with van der Waals surface area (Å²) in [5.41, 5.74) is 8.10. The minimum Gasteiger partial charge on any atom is -0.326 e. The Bertz CT molecular complexity index is 640. The van der Waals surface area contributed by atoms with Gasteiger partial charge < -0.3 is 5.73 Å². The van der Waals surface area contributed by atoms with Gasteiger partial charge >= 0.3 is 0 Å². The summed E-state index contributed by atoms with van der Waals surface area (Å²) in [5.74, 6) is -0.0388. The predicted octanol–water partition coefficient (Wildman–Crippen LogP) is 1.16. The molecular weight excluding hydrogens is 274 g/mol. The second-order valence-corrected chi connectivity index (χ2v) is 6.26. The molecule has 1 aromatic heterocycles. The number of nitrogens with one attached hydrogen (secondary N) is 1. The maximum absolute atomic E-state index is 12.0. The molecule has 1 aromatic carbocycles. The van der Waals surface area contributed by atoms with E-state index in [1.54, 1.807) is 36.7 Å². The van der Waals surface area contributed by atoms with Gasteiger partial charge in [-0.25, -0.2) is 13.1 Å². The Morgan fingerprint density at radius 3 is 2.15 bits per heavy atom. The Balaban J connectivity index is 1.96. The highest BCUT2D eigenvalue weighted by molar-refractivity contribution is 7.88. The summed E-state index contributed by atoms with van der Waals surface area (Å²) in [5, 5.41) is 0. The molecule has 20 heavy (non-hydrogen) atoms. The summed E-state index contributed by atoms with van der Waals surface area (Å²) >= 11 is 0. The molecule has 106 valence electrons. The van der Waals surface area contributed by atoms with Gasteiger partial charge in [-0.3, -0.25) is 4.98 Å². The molecule has 6 heteroatoms. The number of pyridine rings is 1. The molecular formula is C14H17N3O2S. The molecule has 1 heterocycles. The van der Waals surface area contributed by atoms with Crippen molar-refractivity contribution in [2.75, 3.05) is 0 Å². The summed E-state index contributed by atoms with van der Waals surface area (Å²) in [6, 6.07) is 10.8. The Kier molecular flexibility index (Phi) is 4.84. The van der Waals surface area contributed by atoms with Gasteiger partial charge in [0.1, 0.15) is 0 Å². The summed E-state index contributed by atoms with van der Waals surface area (Å²) in [6.45, 7) is 0.721.